The van der Waals surface area contributed by atoms with E-state index in [2.05, 4.69) is 5.32 Å². The fraction of sp³-hybridized carbons (Fsp3) is 0.273. The Bertz CT molecular complexity index is 482. The number of rotatable bonds is 5. The highest BCUT2D eigenvalue weighted by molar-refractivity contribution is 6.36. The lowest BCUT2D eigenvalue weighted by molar-refractivity contribution is -0.118. The van der Waals surface area contributed by atoms with Crippen molar-refractivity contribution in [1.82, 2.24) is 5.32 Å². The van der Waals surface area contributed by atoms with Crippen LogP contribution < -0.4 is 10.6 Å². The molecule has 0 aliphatic heterocycles. The molecular formula is C11H12Cl2N2O4. The van der Waals surface area contributed by atoms with Gasteiger partial charge in [-0.2, -0.15) is 0 Å². The van der Waals surface area contributed by atoms with E-state index < -0.39 is 18.0 Å². The average molecular weight is 307 g/mol. The normalized spacial score (nSPS) is 11.7. The Morgan fingerprint density at radius 2 is 2.00 bits per heavy atom. The smallest absolute Gasteiger partial charge is 0.405 e. The predicted octanol–water partition coefficient (Wildman–Crippen LogP) is 1.95. The van der Waals surface area contributed by atoms with Crippen LogP contribution in [0.4, 0.5) is 10.5 Å². The molecule has 0 aromatic heterocycles. The number of aliphatic hydroxyl groups excluding tert-OH is 1. The van der Waals surface area contributed by atoms with Gasteiger partial charge in [0, 0.05) is 11.6 Å². The molecule has 6 nitrogen and oxygen atoms in total. The molecule has 1 rings (SSSR count). The molecule has 19 heavy (non-hydrogen) atoms. The van der Waals surface area contributed by atoms with Crippen LogP contribution in [0.5, 0.6) is 0 Å². The molecule has 0 spiro atoms. The Morgan fingerprint density at radius 1 is 1.32 bits per heavy atom. The first kappa shape index (κ1) is 15.6. The molecule has 0 heterocycles. The third-order valence-corrected chi connectivity index (χ3v) is 2.77. The van der Waals surface area contributed by atoms with Gasteiger partial charge >= 0.3 is 6.09 Å². The molecule has 0 bridgehead atoms. The molecule has 1 atom stereocenters. The molecule has 8 heteroatoms. The predicted molar refractivity (Wildman–Crippen MR) is 71.7 cm³/mol. The van der Waals surface area contributed by atoms with Crippen LogP contribution in [0.15, 0.2) is 18.2 Å². The minimum atomic E-state index is -1.35. The van der Waals surface area contributed by atoms with E-state index in [9.17, 15) is 9.59 Å². The van der Waals surface area contributed by atoms with Crippen molar-refractivity contribution in [3.8, 4) is 0 Å². The van der Waals surface area contributed by atoms with Crippen molar-refractivity contribution in [3.63, 3.8) is 0 Å². The summed E-state index contributed by atoms with van der Waals surface area (Å²) in [5, 5.41) is 22.5. The summed E-state index contributed by atoms with van der Waals surface area (Å²) in [6, 6.07) is 3.42. The molecule has 0 unspecified atom stereocenters. The number of carbonyl (C=O) groups excluding carboxylic acids is 1. The zero-order valence-corrected chi connectivity index (χ0v) is 11.2. The largest absolute Gasteiger partial charge is 0.465 e. The van der Waals surface area contributed by atoms with Gasteiger partial charge in [-0.05, 0) is 24.6 Å². The Kier molecular flexibility index (Phi) is 5.88. The van der Waals surface area contributed by atoms with Crippen molar-refractivity contribution < 1.29 is 19.8 Å². The third-order valence-electron chi connectivity index (χ3n) is 2.22. The highest BCUT2D eigenvalue weighted by Gasteiger charge is 2.20. The summed E-state index contributed by atoms with van der Waals surface area (Å²) in [4.78, 5) is 22.4. The van der Waals surface area contributed by atoms with Gasteiger partial charge < -0.3 is 20.8 Å². The number of anilines is 1. The van der Waals surface area contributed by atoms with Crippen LogP contribution in [0, 0.1) is 0 Å². The molecule has 104 valence electrons. The van der Waals surface area contributed by atoms with Gasteiger partial charge in [0.2, 0.25) is 5.91 Å². The number of nitrogens with one attached hydrogen (secondary N) is 2. The first-order valence-corrected chi connectivity index (χ1v) is 6.06. The van der Waals surface area contributed by atoms with E-state index >= 15 is 0 Å². The van der Waals surface area contributed by atoms with E-state index in [-0.39, 0.29) is 18.1 Å². The second kappa shape index (κ2) is 7.18. The first-order chi connectivity index (χ1) is 8.93. The zero-order chi connectivity index (χ0) is 14.4. The van der Waals surface area contributed by atoms with Gasteiger partial charge in [-0.25, -0.2) is 4.79 Å². The van der Waals surface area contributed by atoms with Crippen molar-refractivity contribution in [3.05, 3.63) is 28.2 Å². The molecule has 0 saturated heterocycles. The van der Waals surface area contributed by atoms with Gasteiger partial charge in [-0.3, -0.25) is 4.79 Å². The highest BCUT2D eigenvalue weighted by Crippen LogP contribution is 2.25. The molecular weight excluding hydrogens is 295 g/mol. The lowest BCUT2D eigenvalue weighted by Gasteiger charge is -2.16. The van der Waals surface area contributed by atoms with Crippen molar-refractivity contribution in [1.29, 1.82) is 0 Å². The topological polar surface area (TPSA) is 98.7 Å². The standard InChI is InChI=1S/C11H12Cl2N2O4/c12-6-1-2-8(7(13)5-6)14-10(17)9(3-4-16)15-11(18)19/h1-2,5,9,15-16H,3-4H2,(H,14,17)(H,18,19)/t9-/m0/s1. The Hall–Kier alpha value is -1.50. The maximum Gasteiger partial charge on any atom is 0.405 e. The van der Waals surface area contributed by atoms with Gasteiger partial charge in [0.25, 0.3) is 0 Å². The van der Waals surface area contributed by atoms with Crippen LogP contribution in [0.3, 0.4) is 0 Å². The SMILES string of the molecule is O=C(O)N[C@@H](CCO)C(=O)Nc1ccc(Cl)cc1Cl. The minimum Gasteiger partial charge on any atom is -0.465 e. The fourth-order valence-electron chi connectivity index (χ4n) is 1.36. The van der Waals surface area contributed by atoms with Crippen molar-refractivity contribution >= 4 is 40.9 Å². The van der Waals surface area contributed by atoms with Crippen molar-refractivity contribution in [2.45, 2.75) is 12.5 Å². The van der Waals surface area contributed by atoms with Crippen LogP contribution in [0.2, 0.25) is 10.0 Å². The molecule has 1 aromatic carbocycles. The summed E-state index contributed by atoms with van der Waals surface area (Å²) in [5.41, 5.74) is 0.311. The van der Waals surface area contributed by atoms with Crippen molar-refractivity contribution in [2.75, 3.05) is 11.9 Å². The molecule has 0 aliphatic rings. The van der Waals surface area contributed by atoms with Gasteiger partial charge in [0.05, 0.1) is 10.7 Å². The minimum absolute atomic E-state index is 0.0384. The van der Waals surface area contributed by atoms with E-state index in [1.165, 1.54) is 18.2 Å². The van der Waals surface area contributed by atoms with Gasteiger partial charge in [-0.1, -0.05) is 23.2 Å². The lowest BCUT2D eigenvalue weighted by atomic mass is 10.2. The number of hydrogen-bond acceptors (Lipinski definition) is 3. The molecule has 1 aromatic rings. The van der Waals surface area contributed by atoms with E-state index in [4.69, 9.17) is 33.4 Å². The zero-order valence-electron chi connectivity index (χ0n) is 9.69. The van der Waals surface area contributed by atoms with E-state index in [1.807, 2.05) is 5.32 Å². The number of amides is 2. The number of aliphatic hydroxyl groups is 1. The molecule has 4 N–H and O–H groups in total. The van der Waals surface area contributed by atoms with Crippen LogP contribution in [0.1, 0.15) is 6.42 Å². The fourth-order valence-corrected chi connectivity index (χ4v) is 1.81. The van der Waals surface area contributed by atoms with Gasteiger partial charge in [-0.15, -0.1) is 0 Å². The Labute approximate surface area is 119 Å². The number of benzene rings is 1. The number of hydrogen-bond donors (Lipinski definition) is 4. The number of halogens is 2. The molecule has 0 aliphatic carbocycles. The number of carbonyl (C=O) groups is 2. The van der Waals surface area contributed by atoms with Crippen LogP contribution in [-0.4, -0.2) is 34.9 Å². The summed E-state index contributed by atoms with van der Waals surface area (Å²) in [5.74, 6) is -0.610. The average Bonchev–Trinajstić information content (AvgIpc) is 2.31. The molecule has 0 radical (unpaired) electrons. The van der Waals surface area contributed by atoms with E-state index in [0.717, 1.165) is 0 Å². The van der Waals surface area contributed by atoms with Crippen LogP contribution in [0.25, 0.3) is 0 Å². The van der Waals surface area contributed by atoms with Crippen LogP contribution >= 0.6 is 23.2 Å². The lowest BCUT2D eigenvalue weighted by Crippen LogP contribution is -2.43. The molecule has 2 amide bonds. The summed E-state index contributed by atoms with van der Waals surface area (Å²) in [6.45, 7) is -0.327. The molecule has 0 fully saturated rings. The summed E-state index contributed by atoms with van der Waals surface area (Å²) >= 11 is 11.6. The summed E-state index contributed by atoms with van der Waals surface area (Å²) in [6.07, 6.45) is -1.39. The Balaban J connectivity index is 2.77. The summed E-state index contributed by atoms with van der Waals surface area (Å²) in [7, 11) is 0. The number of carboxylic acid groups (broad SMARTS) is 1. The van der Waals surface area contributed by atoms with E-state index in [1.54, 1.807) is 0 Å². The summed E-state index contributed by atoms with van der Waals surface area (Å²) < 4.78 is 0. The maximum absolute atomic E-state index is 11.8. The maximum atomic E-state index is 11.8. The quantitative estimate of drug-likeness (QED) is 0.668. The Morgan fingerprint density at radius 3 is 2.53 bits per heavy atom. The molecule has 0 saturated carbocycles. The second-order valence-electron chi connectivity index (χ2n) is 3.63. The monoisotopic (exact) mass is 306 g/mol. The van der Waals surface area contributed by atoms with Crippen molar-refractivity contribution in [2.24, 2.45) is 0 Å². The van der Waals surface area contributed by atoms with E-state index in [0.29, 0.717) is 10.7 Å². The van der Waals surface area contributed by atoms with Gasteiger partial charge in [0.1, 0.15) is 6.04 Å². The van der Waals surface area contributed by atoms with Crippen LogP contribution in [-0.2, 0) is 4.79 Å². The third kappa shape index (κ3) is 4.94. The second-order valence-corrected chi connectivity index (χ2v) is 4.47. The highest BCUT2D eigenvalue weighted by atomic mass is 35.5. The first-order valence-electron chi connectivity index (χ1n) is 5.30. The van der Waals surface area contributed by atoms with Gasteiger partial charge in [0.15, 0.2) is 0 Å².